The first-order valence-electron chi connectivity index (χ1n) is 10.7. The van der Waals surface area contributed by atoms with E-state index in [1.54, 1.807) is 18.3 Å². The van der Waals surface area contributed by atoms with Crippen molar-refractivity contribution in [1.29, 1.82) is 0 Å². The minimum absolute atomic E-state index is 0.0234. The summed E-state index contributed by atoms with van der Waals surface area (Å²) in [7, 11) is 0. The van der Waals surface area contributed by atoms with E-state index in [9.17, 15) is 14.9 Å². The summed E-state index contributed by atoms with van der Waals surface area (Å²) in [6.45, 7) is 2.50. The molecule has 10 nitrogen and oxygen atoms in total. The van der Waals surface area contributed by atoms with Crippen molar-refractivity contribution >= 4 is 11.6 Å². The van der Waals surface area contributed by atoms with Crippen molar-refractivity contribution < 1.29 is 14.2 Å². The number of nitro groups is 1. The molecule has 2 heterocycles. The van der Waals surface area contributed by atoms with E-state index in [0.717, 1.165) is 16.8 Å². The molecule has 1 amide bonds. The van der Waals surface area contributed by atoms with Gasteiger partial charge in [-0.2, -0.15) is 0 Å². The van der Waals surface area contributed by atoms with Gasteiger partial charge in [-0.25, -0.2) is 4.98 Å². The largest absolute Gasteiger partial charge is 0.368 e. The fourth-order valence-electron chi connectivity index (χ4n) is 3.74. The van der Waals surface area contributed by atoms with Crippen LogP contribution in [0.15, 0.2) is 71.6 Å². The molecule has 10 heteroatoms. The number of non-ortho nitro benzene ring substituents is 1. The third kappa shape index (κ3) is 5.54. The molecule has 2 aromatic carbocycles. The highest BCUT2D eigenvalue weighted by Gasteiger charge is 2.27. The van der Waals surface area contributed by atoms with Crippen molar-refractivity contribution in [3.05, 3.63) is 99.8 Å². The highest BCUT2D eigenvalue weighted by molar-refractivity contribution is 5.80. The van der Waals surface area contributed by atoms with Gasteiger partial charge in [-0.1, -0.05) is 47.1 Å². The van der Waals surface area contributed by atoms with Crippen LogP contribution in [-0.4, -0.2) is 36.9 Å². The summed E-state index contributed by atoms with van der Waals surface area (Å²) >= 11 is 0. The average molecular weight is 460 g/mol. The summed E-state index contributed by atoms with van der Waals surface area (Å²) in [5, 5.41) is 15.4. The fraction of sp³-hybridized carbons (Fsp3) is 0.208. The van der Waals surface area contributed by atoms with Crippen LogP contribution in [0.4, 0.5) is 5.69 Å². The van der Waals surface area contributed by atoms with Crippen molar-refractivity contribution in [3.8, 4) is 11.3 Å². The number of amides is 1. The van der Waals surface area contributed by atoms with Crippen LogP contribution in [0.2, 0.25) is 0 Å². The molecule has 3 N–H and O–H groups in total. The quantitative estimate of drug-likeness (QED) is 0.273. The number of rotatable bonds is 10. The minimum Gasteiger partial charge on any atom is -0.368 e. The molecule has 1 atom stereocenters. The van der Waals surface area contributed by atoms with Crippen LogP contribution in [0.5, 0.6) is 0 Å². The molecule has 0 spiro atoms. The van der Waals surface area contributed by atoms with Gasteiger partial charge in [0.1, 0.15) is 0 Å². The molecule has 174 valence electrons. The number of benzene rings is 2. The van der Waals surface area contributed by atoms with E-state index in [4.69, 9.17) is 10.3 Å². The Morgan fingerprint density at radius 3 is 2.68 bits per heavy atom. The maximum Gasteiger partial charge on any atom is 0.269 e. The van der Waals surface area contributed by atoms with Gasteiger partial charge in [0.15, 0.2) is 5.76 Å². The monoisotopic (exact) mass is 460 g/mol. The van der Waals surface area contributed by atoms with Crippen molar-refractivity contribution in [2.24, 2.45) is 5.73 Å². The summed E-state index contributed by atoms with van der Waals surface area (Å²) in [5.41, 5.74) is 9.81. The van der Waals surface area contributed by atoms with E-state index in [1.807, 2.05) is 42.2 Å². The van der Waals surface area contributed by atoms with Gasteiger partial charge in [0, 0.05) is 55.2 Å². The van der Waals surface area contributed by atoms with Gasteiger partial charge in [-0.3, -0.25) is 19.8 Å². The predicted octanol–water partition coefficient (Wildman–Crippen LogP) is 3.38. The topological polar surface area (TPSA) is 144 Å². The molecule has 34 heavy (non-hydrogen) atoms. The molecule has 0 aliphatic heterocycles. The van der Waals surface area contributed by atoms with Gasteiger partial charge in [0.25, 0.3) is 5.69 Å². The minimum atomic E-state index is -0.709. The number of imidazole rings is 1. The Kier molecular flexibility index (Phi) is 6.79. The summed E-state index contributed by atoms with van der Waals surface area (Å²) in [4.78, 5) is 32.1. The number of hydrogen-bond donors (Lipinski definition) is 2. The number of nitrogens with two attached hydrogens (primary N) is 1. The number of carbonyl (C=O) groups excluding carboxylic acids is 1. The first kappa shape index (κ1) is 22.9. The zero-order chi connectivity index (χ0) is 24.1. The van der Waals surface area contributed by atoms with Crippen molar-refractivity contribution in [2.45, 2.75) is 32.5 Å². The second-order valence-electron chi connectivity index (χ2n) is 8.08. The number of nitro benzene ring substituents is 1. The summed E-state index contributed by atoms with van der Waals surface area (Å²) in [6.07, 6.45) is 3.46. The molecule has 0 bridgehead atoms. The molecule has 0 saturated heterocycles. The van der Waals surface area contributed by atoms with Crippen LogP contribution < -0.4 is 5.73 Å². The van der Waals surface area contributed by atoms with E-state index >= 15 is 0 Å². The average Bonchev–Trinajstić information content (AvgIpc) is 3.50. The third-order valence-corrected chi connectivity index (χ3v) is 5.50. The number of nitrogens with one attached hydrogen (secondary N) is 1. The number of aryl methyl sites for hydroxylation is 1. The highest BCUT2D eigenvalue weighted by atomic mass is 16.6. The Hall–Kier alpha value is -4.31. The second kappa shape index (κ2) is 10.1. The van der Waals surface area contributed by atoms with Gasteiger partial charge in [-0.15, -0.1) is 0 Å². The second-order valence-corrected chi connectivity index (χ2v) is 8.08. The van der Waals surface area contributed by atoms with E-state index < -0.39 is 16.9 Å². The summed E-state index contributed by atoms with van der Waals surface area (Å²) < 4.78 is 5.54. The van der Waals surface area contributed by atoms with Gasteiger partial charge < -0.3 is 15.2 Å². The molecule has 1 unspecified atom stereocenters. The first-order valence-corrected chi connectivity index (χ1v) is 10.7. The van der Waals surface area contributed by atoms with E-state index in [0.29, 0.717) is 23.4 Å². The van der Waals surface area contributed by atoms with E-state index in [1.165, 1.54) is 18.5 Å². The third-order valence-electron chi connectivity index (χ3n) is 5.50. The molecule has 4 aromatic rings. The lowest BCUT2D eigenvalue weighted by molar-refractivity contribution is -0.384. The summed E-state index contributed by atoms with van der Waals surface area (Å²) in [5.74, 6) is 0.0803. The zero-order valence-corrected chi connectivity index (χ0v) is 18.5. The Morgan fingerprint density at radius 1 is 1.21 bits per heavy atom. The lowest BCUT2D eigenvalue weighted by Crippen LogP contribution is -2.45. The van der Waals surface area contributed by atoms with Gasteiger partial charge >= 0.3 is 0 Å². The molecule has 0 fully saturated rings. The Balaban J connectivity index is 1.62. The van der Waals surface area contributed by atoms with Crippen LogP contribution in [0.25, 0.3) is 11.3 Å². The van der Waals surface area contributed by atoms with E-state index in [2.05, 4.69) is 15.1 Å². The first-order chi connectivity index (χ1) is 16.4. The smallest absolute Gasteiger partial charge is 0.269 e. The number of carbonyl (C=O) groups is 1. The number of aromatic amines is 1. The molecule has 0 aliphatic carbocycles. The van der Waals surface area contributed by atoms with Gasteiger partial charge in [0.05, 0.1) is 23.0 Å². The number of H-pyrrole nitrogens is 1. The fourth-order valence-corrected chi connectivity index (χ4v) is 3.74. The number of primary amides is 1. The van der Waals surface area contributed by atoms with Crippen LogP contribution in [0.3, 0.4) is 0 Å². The summed E-state index contributed by atoms with van der Waals surface area (Å²) in [6, 6.07) is 15.3. The SMILES string of the molecule is Cc1ccc(-c2cc(CN(Cc3cccc([N+](=O)[O-])c3)C(Cc3cnc[nH]3)C(N)=O)no2)cc1. The molecule has 0 aliphatic rings. The maximum atomic E-state index is 12.5. The number of nitrogens with zero attached hydrogens (tertiary/aromatic N) is 4. The van der Waals surface area contributed by atoms with Crippen LogP contribution in [-0.2, 0) is 24.3 Å². The lowest BCUT2D eigenvalue weighted by Gasteiger charge is -2.28. The van der Waals surface area contributed by atoms with Crippen LogP contribution in [0, 0.1) is 17.0 Å². The standard InChI is InChI=1S/C24H24N6O4/c1-16-5-7-18(8-6-16)23-11-20(28-34-23)14-29(13-17-3-2-4-21(9-17)30(32)33)22(24(25)31)10-19-12-26-15-27-19/h2-9,11-12,15,22H,10,13-14H2,1H3,(H2,25,31)(H,26,27). The molecule has 2 aromatic heterocycles. The lowest BCUT2D eigenvalue weighted by atomic mass is 10.1. The predicted molar refractivity (Wildman–Crippen MR) is 124 cm³/mol. The molecule has 0 radical (unpaired) electrons. The maximum absolute atomic E-state index is 12.5. The van der Waals surface area contributed by atoms with Crippen molar-refractivity contribution in [1.82, 2.24) is 20.0 Å². The van der Waals surface area contributed by atoms with E-state index in [-0.39, 0.29) is 18.8 Å². The Bertz CT molecular complexity index is 1270. The zero-order valence-electron chi connectivity index (χ0n) is 18.5. The highest BCUT2D eigenvalue weighted by Crippen LogP contribution is 2.24. The number of aromatic nitrogens is 3. The van der Waals surface area contributed by atoms with Gasteiger partial charge in [-0.05, 0) is 12.5 Å². The van der Waals surface area contributed by atoms with Crippen molar-refractivity contribution in [3.63, 3.8) is 0 Å². The molecular formula is C24H24N6O4. The van der Waals surface area contributed by atoms with Gasteiger partial charge in [0.2, 0.25) is 5.91 Å². The normalized spacial score (nSPS) is 12.1. The molecular weight excluding hydrogens is 436 g/mol. The molecule has 0 saturated carbocycles. The Labute approximate surface area is 195 Å². The Morgan fingerprint density at radius 2 is 2.00 bits per heavy atom. The molecule has 4 rings (SSSR count). The van der Waals surface area contributed by atoms with Crippen molar-refractivity contribution in [2.75, 3.05) is 0 Å². The van der Waals surface area contributed by atoms with Crippen LogP contribution >= 0.6 is 0 Å². The number of hydrogen-bond acceptors (Lipinski definition) is 7. The van der Waals surface area contributed by atoms with Crippen LogP contribution in [0.1, 0.15) is 22.5 Å².